The van der Waals surface area contributed by atoms with Crippen molar-refractivity contribution in [2.75, 3.05) is 11.5 Å². The lowest BCUT2D eigenvalue weighted by molar-refractivity contribution is -0.120. The normalized spacial score (nSPS) is 17.9. The van der Waals surface area contributed by atoms with Crippen LogP contribution in [0.25, 0.3) is 0 Å². The average molecular weight is 430 g/mol. The van der Waals surface area contributed by atoms with Crippen molar-refractivity contribution in [2.45, 2.75) is 70.6 Å². The van der Waals surface area contributed by atoms with E-state index in [1.165, 1.54) is 11.3 Å². The van der Waals surface area contributed by atoms with Gasteiger partial charge in [0.15, 0.2) is 6.29 Å². The Morgan fingerprint density at radius 1 is 1.23 bits per heavy atom. The number of hydrogen-bond donors (Lipinski definition) is 1. The molecule has 1 fully saturated rings. The summed E-state index contributed by atoms with van der Waals surface area (Å²) in [6, 6.07) is 11.4. The van der Waals surface area contributed by atoms with Crippen LogP contribution >= 0.6 is 11.3 Å². The summed E-state index contributed by atoms with van der Waals surface area (Å²) in [5, 5.41) is 10.4. The molecule has 3 rings (SSSR count). The van der Waals surface area contributed by atoms with Crippen LogP contribution in [0.15, 0.2) is 36.4 Å². The first-order valence-corrected chi connectivity index (χ1v) is 11.7. The zero-order chi connectivity index (χ0) is 21.3. The van der Waals surface area contributed by atoms with Crippen molar-refractivity contribution < 1.29 is 19.4 Å². The summed E-state index contributed by atoms with van der Waals surface area (Å²) < 4.78 is 5.89. The Labute approximate surface area is 182 Å². The van der Waals surface area contributed by atoms with E-state index in [0.717, 1.165) is 60.9 Å². The van der Waals surface area contributed by atoms with E-state index in [4.69, 9.17) is 4.74 Å². The van der Waals surface area contributed by atoms with Crippen LogP contribution in [-0.4, -0.2) is 29.9 Å². The number of thiophene rings is 1. The Kier molecular flexibility index (Phi) is 8.61. The fourth-order valence-electron chi connectivity index (χ4n) is 3.90. The van der Waals surface area contributed by atoms with E-state index in [2.05, 4.69) is 6.92 Å². The molecule has 0 aliphatic carbocycles. The van der Waals surface area contributed by atoms with Crippen molar-refractivity contribution in [1.82, 2.24) is 0 Å². The largest absolute Gasteiger partial charge is 0.388 e. The van der Waals surface area contributed by atoms with E-state index in [9.17, 15) is 14.7 Å². The maximum absolute atomic E-state index is 12.7. The third-order valence-electron chi connectivity index (χ3n) is 5.55. The maximum atomic E-state index is 12.7. The van der Waals surface area contributed by atoms with Gasteiger partial charge in [-0.1, -0.05) is 38.3 Å². The van der Waals surface area contributed by atoms with Crippen molar-refractivity contribution in [1.29, 1.82) is 0 Å². The molecular formula is C24H31NO4S. The van der Waals surface area contributed by atoms with E-state index in [1.807, 2.05) is 35.2 Å². The molecule has 2 atom stereocenters. The number of hydrogen-bond acceptors (Lipinski definition) is 5. The summed E-state index contributed by atoms with van der Waals surface area (Å²) in [7, 11) is 0. The third-order valence-corrected chi connectivity index (χ3v) is 6.54. The van der Waals surface area contributed by atoms with Gasteiger partial charge in [0.25, 0.3) is 0 Å². The highest BCUT2D eigenvalue weighted by molar-refractivity contribution is 7.13. The summed E-state index contributed by atoms with van der Waals surface area (Å²) in [5.41, 5.74) is 1.76. The predicted octanol–water partition coefficient (Wildman–Crippen LogP) is 5.28. The highest BCUT2D eigenvalue weighted by Crippen LogP contribution is 2.29. The summed E-state index contributed by atoms with van der Waals surface area (Å²) in [6.45, 7) is 3.06. The number of ether oxygens (including phenoxy) is 1. The van der Waals surface area contributed by atoms with E-state index >= 15 is 0 Å². The van der Waals surface area contributed by atoms with Crippen molar-refractivity contribution in [3.8, 4) is 0 Å². The van der Waals surface area contributed by atoms with Gasteiger partial charge >= 0.3 is 0 Å². The summed E-state index contributed by atoms with van der Waals surface area (Å²) >= 11 is 1.43. The van der Waals surface area contributed by atoms with Crippen LogP contribution in [0.5, 0.6) is 0 Å². The molecule has 0 radical (unpaired) electrons. The molecule has 1 aromatic carbocycles. The highest BCUT2D eigenvalue weighted by atomic mass is 32.1. The van der Waals surface area contributed by atoms with Gasteiger partial charge in [-0.2, -0.15) is 0 Å². The van der Waals surface area contributed by atoms with Crippen molar-refractivity contribution >= 4 is 29.2 Å². The molecule has 2 heterocycles. The molecule has 5 nitrogen and oxygen atoms in total. The zero-order valence-corrected chi connectivity index (χ0v) is 18.4. The first-order chi connectivity index (χ1) is 14.6. The Balaban J connectivity index is 1.60. The average Bonchev–Trinajstić information content (AvgIpc) is 3.22. The maximum Gasteiger partial charge on any atom is 0.227 e. The number of benzene rings is 1. The van der Waals surface area contributed by atoms with Crippen LogP contribution in [0.2, 0.25) is 0 Å². The standard InChI is InChI=1S/C24H31NO4S/c1-2-3-4-7-23(27)18-9-11-19(12-10-18)25-20(6-5-8-24(25)28)16-29-17-22-14-13-21(15-26)30-22/h9-15,20,23,27H,2-8,16-17H2,1H3/t20-,23?/m1/s1. The van der Waals surface area contributed by atoms with Crippen LogP contribution in [0.3, 0.4) is 0 Å². The lowest BCUT2D eigenvalue weighted by Crippen LogP contribution is -2.46. The summed E-state index contributed by atoms with van der Waals surface area (Å²) in [5.74, 6) is 0.116. The summed E-state index contributed by atoms with van der Waals surface area (Å²) in [4.78, 5) is 27.0. The Morgan fingerprint density at radius 3 is 2.73 bits per heavy atom. The number of nitrogens with zero attached hydrogens (tertiary/aromatic N) is 1. The van der Waals surface area contributed by atoms with Gasteiger partial charge in [-0.3, -0.25) is 9.59 Å². The molecule has 1 aliphatic rings. The van der Waals surface area contributed by atoms with Gasteiger partial charge in [0.1, 0.15) is 0 Å². The summed E-state index contributed by atoms with van der Waals surface area (Å²) in [6.07, 6.45) is 6.75. The number of carbonyl (C=O) groups is 2. The van der Waals surface area contributed by atoms with Gasteiger partial charge in [-0.25, -0.2) is 0 Å². The van der Waals surface area contributed by atoms with E-state index < -0.39 is 6.10 Å². The second-order valence-electron chi connectivity index (χ2n) is 7.85. The van der Waals surface area contributed by atoms with Gasteiger partial charge in [0, 0.05) is 17.0 Å². The number of aliphatic hydroxyl groups excluding tert-OH is 1. The number of piperidine rings is 1. The molecule has 0 spiro atoms. The fraction of sp³-hybridized carbons (Fsp3) is 0.500. The Morgan fingerprint density at radius 2 is 2.03 bits per heavy atom. The van der Waals surface area contributed by atoms with Crippen LogP contribution in [0.1, 0.15) is 78.1 Å². The quantitative estimate of drug-likeness (QED) is 0.390. The molecule has 1 aromatic heterocycles. The molecule has 1 N–H and O–H groups in total. The molecule has 1 aliphatic heterocycles. The van der Waals surface area contributed by atoms with Gasteiger partial charge in [0.05, 0.1) is 30.2 Å². The Bertz CT molecular complexity index is 817. The number of rotatable bonds is 11. The number of anilines is 1. The number of unbranched alkanes of at least 4 members (excludes halogenated alkanes) is 2. The van der Waals surface area contributed by atoms with Crippen LogP contribution in [0, 0.1) is 0 Å². The molecule has 1 saturated heterocycles. The Hall–Kier alpha value is -2.02. The smallest absolute Gasteiger partial charge is 0.227 e. The van der Waals surface area contributed by atoms with E-state index in [1.54, 1.807) is 6.07 Å². The van der Waals surface area contributed by atoms with Crippen LogP contribution < -0.4 is 4.90 Å². The molecule has 0 saturated carbocycles. The number of aliphatic hydroxyl groups is 1. The molecule has 0 bridgehead atoms. The SMILES string of the molecule is CCCCCC(O)c1ccc(N2C(=O)CCC[C@@H]2COCc2ccc(C=O)s2)cc1. The van der Waals surface area contributed by atoms with E-state index in [0.29, 0.717) is 24.5 Å². The molecule has 30 heavy (non-hydrogen) atoms. The van der Waals surface area contributed by atoms with Crippen molar-refractivity contribution in [3.05, 3.63) is 51.7 Å². The van der Waals surface area contributed by atoms with Gasteiger partial charge in [-0.05, 0) is 49.1 Å². The van der Waals surface area contributed by atoms with Crippen LogP contribution in [-0.2, 0) is 16.1 Å². The first kappa shape index (κ1) is 22.7. The fourth-order valence-corrected chi connectivity index (χ4v) is 4.66. The number of carbonyl (C=O) groups excluding carboxylic acids is 2. The van der Waals surface area contributed by atoms with Gasteiger partial charge < -0.3 is 14.7 Å². The minimum absolute atomic E-state index is 0.00270. The molecule has 2 aromatic rings. The van der Waals surface area contributed by atoms with E-state index in [-0.39, 0.29) is 11.9 Å². The van der Waals surface area contributed by atoms with Gasteiger partial charge in [-0.15, -0.1) is 11.3 Å². The van der Waals surface area contributed by atoms with Gasteiger partial charge in [0.2, 0.25) is 5.91 Å². The molecular weight excluding hydrogens is 398 g/mol. The zero-order valence-electron chi connectivity index (χ0n) is 17.6. The highest BCUT2D eigenvalue weighted by Gasteiger charge is 2.29. The van der Waals surface area contributed by atoms with Crippen LogP contribution in [0.4, 0.5) is 5.69 Å². The molecule has 1 amide bonds. The monoisotopic (exact) mass is 429 g/mol. The minimum Gasteiger partial charge on any atom is -0.388 e. The molecule has 162 valence electrons. The van der Waals surface area contributed by atoms with Crippen molar-refractivity contribution in [2.24, 2.45) is 0 Å². The lowest BCUT2D eigenvalue weighted by Gasteiger charge is -2.35. The van der Waals surface area contributed by atoms with Crippen molar-refractivity contribution in [3.63, 3.8) is 0 Å². The minimum atomic E-state index is -0.455. The second kappa shape index (κ2) is 11.4. The topological polar surface area (TPSA) is 66.8 Å². The number of aldehydes is 1. The predicted molar refractivity (Wildman–Crippen MR) is 120 cm³/mol. The number of amides is 1. The lowest BCUT2D eigenvalue weighted by atomic mass is 9.99. The third kappa shape index (κ3) is 6.00. The second-order valence-corrected chi connectivity index (χ2v) is 9.05. The molecule has 1 unspecified atom stereocenters. The first-order valence-electron chi connectivity index (χ1n) is 10.8. The molecule has 6 heteroatoms.